The van der Waals surface area contributed by atoms with Crippen LogP contribution in [-0.4, -0.2) is 54.5 Å². The Morgan fingerprint density at radius 1 is 1.25 bits per heavy atom. The number of ether oxygens (including phenoxy) is 2. The monoisotopic (exact) mass is 389 g/mol. The molecule has 0 aromatic heterocycles. The number of imide groups is 1. The summed E-state index contributed by atoms with van der Waals surface area (Å²) in [4.78, 5) is 49.1. The lowest BCUT2D eigenvalue weighted by Gasteiger charge is -2.20. The molecule has 1 saturated heterocycles. The van der Waals surface area contributed by atoms with Gasteiger partial charge in [-0.15, -0.1) is 0 Å². The van der Waals surface area contributed by atoms with Crippen molar-refractivity contribution in [3.8, 4) is 5.75 Å². The number of hydrogen-bond donors (Lipinski definition) is 2. The van der Waals surface area contributed by atoms with E-state index in [9.17, 15) is 19.2 Å². The number of carbonyl (C=O) groups is 4. The highest BCUT2D eigenvalue weighted by molar-refractivity contribution is 6.08. The highest BCUT2D eigenvalue weighted by atomic mass is 16.5. The van der Waals surface area contributed by atoms with Gasteiger partial charge >= 0.3 is 12.0 Å². The zero-order chi connectivity index (χ0) is 20.3. The van der Waals surface area contributed by atoms with Crippen LogP contribution in [-0.2, 0) is 25.7 Å². The topological polar surface area (TPSA) is 114 Å². The molecular formula is C19H23N3O6. The molecule has 2 N–H and O–H groups in total. The second-order valence-electron chi connectivity index (χ2n) is 7.08. The molecule has 1 aliphatic heterocycles. The molecule has 1 heterocycles. The molecule has 0 spiro atoms. The maximum absolute atomic E-state index is 12.4. The second kappa shape index (κ2) is 7.87. The fourth-order valence-electron chi connectivity index (χ4n) is 3.11. The molecule has 0 unspecified atom stereocenters. The number of benzene rings is 1. The SMILES string of the molecule is COc1ccc(CNC(=O)COC(=O)CN2C(=O)N[C@@](C)(C3CC3)C2=O)cc1. The van der Waals surface area contributed by atoms with E-state index in [1.807, 2.05) is 0 Å². The molecule has 9 heteroatoms. The van der Waals surface area contributed by atoms with E-state index in [0.29, 0.717) is 5.75 Å². The molecule has 3 rings (SSSR count). The molecule has 1 aromatic carbocycles. The Balaban J connectivity index is 1.41. The van der Waals surface area contributed by atoms with Crippen molar-refractivity contribution in [3.63, 3.8) is 0 Å². The summed E-state index contributed by atoms with van der Waals surface area (Å²) in [5.74, 6) is -0.913. The van der Waals surface area contributed by atoms with E-state index in [0.717, 1.165) is 23.3 Å². The number of esters is 1. The van der Waals surface area contributed by atoms with E-state index in [-0.39, 0.29) is 12.5 Å². The quantitative estimate of drug-likeness (QED) is 0.496. The molecular weight excluding hydrogens is 366 g/mol. The standard InChI is InChI=1S/C19H23N3O6/c1-19(13-5-6-13)17(25)22(18(26)21-19)10-16(24)28-11-15(23)20-9-12-3-7-14(27-2)8-4-12/h3-4,7-8,13H,5-6,9-11H2,1-2H3,(H,20,23)(H,21,26)/t19-/m0/s1. The number of nitrogens with zero attached hydrogens (tertiary/aromatic N) is 1. The average molecular weight is 389 g/mol. The molecule has 28 heavy (non-hydrogen) atoms. The molecule has 150 valence electrons. The Kier molecular flexibility index (Phi) is 5.53. The van der Waals surface area contributed by atoms with Crippen LogP contribution in [0.5, 0.6) is 5.75 Å². The van der Waals surface area contributed by atoms with Crippen LogP contribution in [0.4, 0.5) is 4.79 Å². The molecule has 2 fully saturated rings. The zero-order valence-corrected chi connectivity index (χ0v) is 15.8. The molecule has 2 aliphatic rings. The molecule has 4 amide bonds. The van der Waals surface area contributed by atoms with E-state index in [1.165, 1.54) is 0 Å². The van der Waals surface area contributed by atoms with Crippen LogP contribution in [0.15, 0.2) is 24.3 Å². The third kappa shape index (κ3) is 4.24. The number of methoxy groups -OCH3 is 1. The van der Waals surface area contributed by atoms with Gasteiger partial charge in [-0.3, -0.25) is 19.3 Å². The Morgan fingerprint density at radius 3 is 2.54 bits per heavy atom. The number of urea groups is 1. The first-order chi connectivity index (χ1) is 13.3. The number of hydrogen-bond acceptors (Lipinski definition) is 6. The van der Waals surface area contributed by atoms with Crippen molar-refractivity contribution in [2.75, 3.05) is 20.3 Å². The lowest BCUT2D eigenvalue weighted by Crippen LogP contribution is -2.46. The van der Waals surface area contributed by atoms with Crippen molar-refractivity contribution >= 4 is 23.8 Å². The number of rotatable bonds is 8. The maximum Gasteiger partial charge on any atom is 0.326 e. The Hall–Kier alpha value is -3.10. The van der Waals surface area contributed by atoms with E-state index in [4.69, 9.17) is 9.47 Å². The van der Waals surface area contributed by atoms with E-state index in [2.05, 4.69) is 10.6 Å². The molecule has 1 saturated carbocycles. The molecule has 1 aromatic rings. The number of carbonyl (C=O) groups excluding carboxylic acids is 4. The summed E-state index contributed by atoms with van der Waals surface area (Å²) >= 11 is 0. The first-order valence-electron chi connectivity index (χ1n) is 9.03. The first kappa shape index (κ1) is 19.7. The Bertz CT molecular complexity index is 789. The highest BCUT2D eigenvalue weighted by Crippen LogP contribution is 2.42. The van der Waals surface area contributed by atoms with Gasteiger partial charge in [-0.2, -0.15) is 0 Å². The second-order valence-corrected chi connectivity index (χ2v) is 7.08. The van der Waals surface area contributed by atoms with Gasteiger partial charge in [0.2, 0.25) is 0 Å². The predicted molar refractivity (Wildman–Crippen MR) is 97.2 cm³/mol. The molecule has 9 nitrogen and oxygen atoms in total. The van der Waals surface area contributed by atoms with E-state index < -0.39 is 42.5 Å². The fraction of sp³-hybridized carbons (Fsp3) is 0.474. The van der Waals surface area contributed by atoms with Crippen LogP contribution in [0.3, 0.4) is 0 Å². The lowest BCUT2D eigenvalue weighted by atomic mass is 9.96. The van der Waals surface area contributed by atoms with Gasteiger partial charge in [-0.05, 0) is 43.4 Å². The third-order valence-electron chi connectivity index (χ3n) is 5.00. The molecule has 1 atom stereocenters. The summed E-state index contributed by atoms with van der Waals surface area (Å²) in [5.41, 5.74) is -0.0909. The summed E-state index contributed by atoms with van der Waals surface area (Å²) in [6.07, 6.45) is 1.74. The van der Waals surface area contributed by atoms with Crippen molar-refractivity contribution in [1.82, 2.24) is 15.5 Å². The van der Waals surface area contributed by atoms with Crippen molar-refractivity contribution in [3.05, 3.63) is 29.8 Å². The van der Waals surface area contributed by atoms with Crippen LogP contribution in [0.2, 0.25) is 0 Å². The minimum Gasteiger partial charge on any atom is -0.497 e. The third-order valence-corrected chi connectivity index (χ3v) is 5.00. The molecule has 1 aliphatic carbocycles. The largest absolute Gasteiger partial charge is 0.497 e. The van der Waals surface area contributed by atoms with E-state index in [1.54, 1.807) is 38.3 Å². The minimum atomic E-state index is -0.951. The lowest BCUT2D eigenvalue weighted by molar-refractivity contribution is -0.151. The summed E-state index contributed by atoms with van der Waals surface area (Å²) in [6.45, 7) is 0.938. The van der Waals surface area contributed by atoms with Crippen LogP contribution < -0.4 is 15.4 Å². The van der Waals surface area contributed by atoms with Gasteiger partial charge in [-0.25, -0.2) is 4.79 Å². The van der Waals surface area contributed by atoms with Crippen molar-refractivity contribution < 1.29 is 28.7 Å². The Labute approximate surface area is 162 Å². The Morgan fingerprint density at radius 2 is 1.93 bits per heavy atom. The van der Waals surface area contributed by atoms with Gasteiger partial charge in [0.15, 0.2) is 6.61 Å². The van der Waals surface area contributed by atoms with Gasteiger partial charge in [0.05, 0.1) is 7.11 Å². The first-order valence-corrected chi connectivity index (χ1v) is 9.03. The van der Waals surface area contributed by atoms with Gasteiger partial charge in [0, 0.05) is 6.54 Å². The minimum absolute atomic E-state index is 0.105. The van der Waals surface area contributed by atoms with Gasteiger partial charge in [-0.1, -0.05) is 12.1 Å². The average Bonchev–Trinajstić information content (AvgIpc) is 3.51. The maximum atomic E-state index is 12.4. The van der Waals surface area contributed by atoms with Gasteiger partial charge < -0.3 is 20.1 Å². The van der Waals surface area contributed by atoms with Gasteiger partial charge in [0.25, 0.3) is 11.8 Å². The summed E-state index contributed by atoms with van der Waals surface area (Å²) in [7, 11) is 1.57. The van der Waals surface area contributed by atoms with E-state index >= 15 is 0 Å². The predicted octanol–water partition coefficient (Wildman–Crippen LogP) is 0.575. The smallest absolute Gasteiger partial charge is 0.326 e. The van der Waals surface area contributed by atoms with Crippen molar-refractivity contribution in [2.45, 2.75) is 31.8 Å². The number of nitrogens with one attached hydrogen (secondary N) is 2. The van der Waals surface area contributed by atoms with Crippen LogP contribution >= 0.6 is 0 Å². The number of amides is 4. The molecule has 0 bridgehead atoms. The summed E-state index contributed by atoms with van der Waals surface area (Å²) in [5, 5.41) is 5.27. The summed E-state index contributed by atoms with van der Waals surface area (Å²) < 4.78 is 9.94. The fourth-order valence-corrected chi connectivity index (χ4v) is 3.11. The van der Waals surface area contributed by atoms with Crippen molar-refractivity contribution in [2.24, 2.45) is 5.92 Å². The van der Waals surface area contributed by atoms with Gasteiger partial charge in [0.1, 0.15) is 17.8 Å². The van der Waals surface area contributed by atoms with Crippen LogP contribution in [0.1, 0.15) is 25.3 Å². The van der Waals surface area contributed by atoms with Crippen molar-refractivity contribution in [1.29, 1.82) is 0 Å². The highest BCUT2D eigenvalue weighted by Gasteiger charge is 2.56. The zero-order valence-electron chi connectivity index (χ0n) is 15.8. The normalized spacial score (nSPS) is 21.3. The molecule has 0 radical (unpaired) electrons. The summed E-state index contributed by atoms with van der Waals surface area (Å²) in [6, 6.07) is 6.55. The van der Waals surface area contributed by atoms with Crippen LogP contribution in [0.25, 0.3) is 0 Å². The van der Waals surface area contributed by atoms with Crippen LogP contribution in [0, 0.1) is 5.92 Å².